The molecule has 34 heavy (non-hydrogen) atoms. The molecule has 184 valence electrons. The first-order valence-electron chi connectivity index (χ1n) is 10.4. The standard InChI is InChI=1S/C22H20F6N2O3S/c23-21(24,25)13-8-14(22(26,27)28)10-15(9-13)29-20(31)30-16-6-7-17(30)12-19(11-16)34(32,33)18-4-2-1-3-5-18/h1-5,8-10,16-17,19H,6-7,11-12H2,(H,29,31). The number of rotatable bonds is 3. The van der Waals surface area contributed by atoms with Crippen molar-refractivity contribution in [1.82, 2.24) is 4.90 Å². The molecule has 2 aromatic rings. The Hall–Kier alpha value is -2.76. The fourth-order valence-corrected chi connectivity index (χ4v) is 6.60. The van der Waals surface area contributed by atoms with Crippen LogP contribution in [0.1, 0.15) is 36.8 Å². The lowest BCUT2D eigenvalue weighted by Gasteiger charge is -2.38. The summed E-state index contributed by atoms with van der Waals surface area (Å²) in [6.07, 6.45) is -8.81. The van der Waals surface area contributed by atoms with Gasteiger partial charge in [0, 0.05) is 17.8 Å². The van der Waals surface area contributed by atoms with Gasteiger partial charge in [-0.05, 0) is 56.0 Å². The number of anilines is 1. The van der Waals surface area contributed by atoms with Crippen molar-refractivity contribution in [1.29, 1.82) is 0 Å². The zero-order valence-corrected chi connectivity index (χ0v) is 18.3. The maximum atomic E-state index is 13.1. The van der Waals surface area contributed by atoms with Crippen molar-refractivity contribution >= 4 is 21.6 Å². The monoisotopic (exact) mass is 506 g/mol. The van der Waals surface area contributed by atoms with E-state index in [1.807, 2.05) is 0 Å². The Balaban J connectivity index is 1.55. The molecule has 2 unspecified atom stereocenters. The summed E-state index contributed by atoms with van der Waals surface area (Å²) in [7, 11) is -3.65. The fourth-order valence-electron chi connectivity index (χ4n) is 4.73. The van der Waals surface area contributed by atoms with Gasteiger partial charge < -0.3 is 10.2 Å². The summed E-state index contributed by atoms with van der Waals surface area (Å²) in [6, 6.07) is 6.92. The smallest absolute Gasteiger partial charge is 0.318 e. The van der Waals surface area contributed by atoms with Crippen molar-refractivity contribution in [2.75, 3.05) is 5.32 Å². The molecule has 0 aromatic heterocycles. The fraction of sp³-hybridized carbons (Fsp3) is 0.409. The van der Waals surface area contributed by atoms with Crippen LogP contribution in [-0.2, 0) is 22.2 Å². The molecule has 12 heteroatoms. The van der Waals surface area contributed by atoms with E-state index in [0.29, 0.717) is 25.0 Å². The quantitative estimate of drug-likeness (QED) is 0.541. The van der Waals surface area contributed by atoms with Crippen molar-refractivity contribution in [3.8, 4) is 0 Å². The molecule has 2 saturated heterocycles. The highest BCUT2D eigenvalue weighted by molar-refractivity contribution is 7.92. The van der Waals surface area contributed by atoms with Gasteiger partial charge in [-0.1, -0.05) is 18.2 Å². The molecule has 2 aromatic carbocycles. The van der Waals surface area contributed by atoms with Gasteiger partial charge in [0.25, 0.3) is 0 Å². The summed E-state index contributed by atoms with van der Waals surface area (Å²) in [5, 5.41) is 1.43. The second-order valence-electron chi connectivity index (χ2n) is 8.47. The summed E-state index contributed by atoms with van der Waals surface area (Å²) < 4.78 is 105. The molecule has 2 aliphatic rings. The first kappa shape index (κ1) is 24.4. The Kier molecular flexibility index (Phi) is 6.07. The van der Waals surface area contributed by atoms with E-state index in [4.69, 9.17) is 0 Å². The van der Waals surface area contributed by atoms with Crippen molar-refractivity contribution in [3.63, 3.8) is 0 Å². The van der Waals surface area contributed by atoms with Gasteiger partial charge in [-0.3, -0.25) is 0 Å². The summed E-state index contributed by atoms with van der Waals surface area (Å²) in [4.78, 5) is 14.4. The highest BCUT2D eigenvalue weighted by Crippen LogP contribution is 2.41. The van der Waals surface area contributed by atoms with E-state index in [-0.39, 0.29) is 23.8 Å². The third-order valence-electron chi connectivity index (χ3n) is 6.27. The van der Waals surface area contributed by atoms with Crippen LogP contribution in [-0.4, -0.2) is 36.7 Å². The molecule has 5 nitrogen and oxygen atoms in total. The first-order valence-corrected chi connectivity index (χ1v) is 12.0. The van der Waals surface area contributed by atoms with Gasteiger partial charge in [-0.2, -0.15) is 26.3 Å². The SMILES string of the molecule is O=C(Nc1cc(C(F)(F)F)cc(C(F)(F)F)c1)N1C2CCC1CC(S(=O)(=O)c1ccccc1)C2. The van der Waals surface area contributed by atoms with E-state index >= 15 is 0 Å². The molecular weight excluding hydrogens is 486 g/mol. The number of piperidine rings is 1. The number of halogens is 6. The van der Waals surface area contributed by atoms with E-state index < -0.39 is 62.4 Å². The van der Waals surface area contributed by atoms with E-state index in [1.54, 1.807) is 18.2 Å². The Morgan fingerprint density at radius 1 is 0.853 bits per heavy atom. The number of amides is 2. The van der Waals surface area contributed by atoms with Crippen LogP contribution in [0.25, 0.3) is 0 Å². The van der Waals surface area contributed by atoms with Gasteiger partial charge in [0.1, 0.15) is 0 Å². The number of hydrogen-bond acceptors (Lipinski definition) is 3. The number of urea groups is 1. The van der Waals surface area contributed by atoms with Gasteiger partial charge >= 0.3 is 18.4 Å². The molecule has 2 fully saturated rings. The summed E-state index contributed by atoms with van der Waals surface area (Å²) in [5.41, 5.74) is -3.70. The second-order valence-corrected chi connectivity index (χ2v) is 10.7. The largest absolute Gasteiger partial charge is 0.416 e. The van der Waals surface area contributed by atoms with Crippen LogP contribution in [0.15, 0.2) is 53.4 Å². The third kappa shape index (κ3) is 4.73. The molecule has 4 rings (SSSR count). The highest BCUT2D eigenvalue weighted by Gasteiger charge is 2.47. The average molecular weight is 506 g/mol. The molecule has 0 spiro atoms. The van der Waals surface area contributed by atoms with Crippen molar-refractivity contribution < 1.29 is 39.6 Å². The number of alkyl halides is 6. The van der Waals surface area contributed by atoms with Crippen LogP contribution in [0.4, 0.5) is 36.8 Å². The summed E-state index contributed by atoms with van der Waals surface area (Å²) in [6.45, 7) is 0. The minimum atomic E-state index is -5.04. The topological polar surface area (TPSA) is 66.5 Å². The predicted molar refractivity (Wildman–Crippen MR) is 111 cm³/mol. The molecule has 1 N–H and O–H groups in total. The molecule has 0 aliphatic carbocycles. The zero-order valence-electron chi connectivity index (χ0n) is 17.5. The van der Waals surface area contributed by atoms with Crippen LogP contribution in [0.3, 0.4) is 0 Å². The van der Waals surface area contributed by atoms with Crippen LogP contribution in [0.2, 0.25) is 0 Å². The van der Waals surface area contributed by atoms with Crippen LogP contribution in [0, 0.1) is 0 Å². The first-order chi connectivity index (χ1) is 15.8. The minimum Gasteiger partial charge on any atom is -0.318 e. The number of fused-ring (bicyclic) bond motifs is 2. The molecule has 2 atom stereocenters. The molecule has 2 bridgehead atoms. The van der Waals surface area contributed by atoms with Gasteiger partial charge in [-0.15, -0.1) is 0 Å². The molecule has 0 saturated carbocycles. The Labute approximate surface area is 191 Å². The zero-order chi connectivity index (χ0) is 24.9. The summed E-state index contributed by atoms with van der Waals surface area (Å²) in [5.74, 6) is 0. The highest BCUT2D eigenvalue weighted by atomic mass is 32.2. The maximum absolute atomic E-state index is 13.1. The molecule has 2 amide bonds. The molecular formula is C22H20F6N2O3S. The normalized spacial score (nSPS) is 23.1. The lowest BCUT2D eigenvalue weighted by Crippen LogP contribution is -2.51. The Morgan fingerprint density at radius 2 is 1.35 bits per heavy atom. The van der Waals surface area contributed by atoms with E-state index in [1.165, 1.54) is 17.0 Å². The van der Waals surface area contributed by atoms with Crippen molar-refractivity contribution in [2.24, 2.45) is 0 Å². The van der Waals surface area contributed by atoms with Crippen molar-refractivity contribution in [3.05, 3.63) is 59.7 Å². The summed E-state index contributed by atoms with van der Waals surface area (Å²) >= 11 is 0. The van der Waals surface area contributed by atoms with Gasteiger partial charge in [0.05, 0.1) is 21.3 Å². The number of nitrogens with zero attached hydrogens (tertiary/aromatic N) is 1. The molecule has 2 heterocycles. The van der Waals surface area contributed by atoms with Crippen molar-refractivity contribution in [2.45, 2.75) is 60.3 Å². The third-order valence-corrected chi connectivity index (χ3v) is 8.47. The molecule has 0 radical (unpaired) electrons. The number of carbonyl (C=O) groups is 1. The lowest BCUT2D eigenvalue weighted by molar-refractivity contribution is -0.143. The Bertz CT molecular complexity index is 1140. The predicted octanol–water partition coefficient (Wildman–Crippen LogP) is 5.73. The van der Waals surface area contributed by atoms with Crippen LogP contribution < -0.4 is 5.32 Å². The van der Waals surface area contributed by atoms with Gasteiger partial charge in [0.2, 0.25) is 0 Å². The number of carbonyl (C=O) groups excluding carboxylic acids is 1. The number of hydrogen-bond donors (Lipinski definition) is 1. The van der Waals surface area contributed by atoms with E-state index in [2.05, 4.69) is 5.32 Å². The van der Waals surface area contributed by atoms with E-state index in [9.17, 15) is 39.6 Å². The number of nitrogens with one attached hydrogen (secondary N) is 1. The van der Waals surface area contributed by atoms with Crippen LogP contribution in [0.5, 0.6) is 0 Å². The number of benzene rings is 2. The number of sulfone groups is 1. The minimum absolute atomic E-state index is 0.0146. The lowest BCUT2D eigenvalue weighted by atomic mass is 10.0. The maximum Gasteiger partial charge on any atom is 0.416 e. The van der Waals surface area contributed by atoms with Gasteiger partial charge in [0.15, 0.2) is 9.84 Å². The second kappa shape index (κ2) is 8.47. The molecule has 2 aliphatic heterocycles. The average Bonchev–Trinajstić information content (AvgIpc) is 3.02. The van der Waals surface area contributed by atoms with Gasteiger partial charge in [-0.25, -0.2) is 13.2 Å². The van der Waals surface area contributed by atoms with E-state index in [0.717, 1.165) is 0 Å². The van der Waals surface area contributed by atoms with Crippen LogP contribution >= 0.6 is 0 Å². The Morgan fingerprint density at radius 3 is 1.82 bits per heavy atom.